The van der Waals surface area contributed by atoms with Crippen molar-refractivity contribution in [2.24, 2.45) is 5.92 Å². The Morgan fingerprint density at radius 2 is 2.10 bits per heavy atom. The fourth-order valence-electron chi connectivity index (χ4n) is 3.66. The second-order valence-electron chi connectivity index (χ2n) is 8.70. The fraction of sp³-hybridized carbons (Fsp3) is 0.591. The Morgan fingerprint density at radius 3 is 2.83 bits per heavy atom. The number of nitrogens with zero attached hydrogens (tertiary/aromatic N) is 3. The van der Waals surface area contributed by atoms with Crippen molar-refractivity contribution in [1.29, 1.82) is 0 Å². The minimum atomic E-state index is -0.491. The van der Waals surface area contributed by atoms with Crippen molar-refractivity contribution >= 4 is 6.09 Å². The van der Waals surface area contributed by atoms with E-state index in [0.29, 0.717) is 43.4 Å². The number of rotatable bonds is 7. The number of hydrogen-bond donors (Lipinski definition) is 1. The molecule has 164 valence electrons. The number of nitrogens with one attached hydrogen (secondary N) is 1. The summed E-state index contributed by atoms with van der Waals surface area (Å²) in [5.74, 6) is 2.21. The zero-order valence-electron chi connectivity index (χ0n) is 18.5. The average Bonchev–Trinajstić information content (AvgIpc) is 3.27. The van der Waals surface area contributed by atoms with E-state index in [1.807, 2.05) is 52.0 Å². The molecule has 0 radical (unpaired) electrons. The SMILES string of the molecule is CCOc1ccccc1-c1noc(CN2C[C@@H](CNC(=O)OC(C)(C)C)C[C@H]2C)n1. The lowest BCUT2D eigenvalue weighted by atomic mass is 10.1. The van der Waals surface area contributed by atoms with Gasteiger partial charge in [-0.1, -0.05) is 17.3 Å². The number of benzene rings is 1. The van der Waals surface area contributed by atoms with Gasteiger partial charge in [-0.25, -0.2) is 4.79 Å². The van der Waals surface area contributed by atoms with Gasteiger partial charge in [0.15, 0.2) is 0 Å². The molecule has 1 amide bonds. The third kappa shape index (κ3) is 5.95. The third-order valence-electron chi connectivity index (χ3n) is 4.96. The van der Waals surface area contributed by atoms with E-state index in [-0.39, 0.29) is 6.09 Å². The fourth-order valence-corrected chi connectivity index (χ4v) is 3.66. The number of hydrogen-bond acceptors (Lipinski definition) is 7. The van der Waals surface area contributed by atoms with Crippen LogP contribution in [0, 0.1) is 5.92 Å². The highest BCUT2D eigenvalue weighted by Gasteiger charge is 2.31. The first-order valence-corrected chi connectivity index (χ1v) is 10.5. The van der Waals surface area contributed by atoms with Gasteiger partial charge in [-0.15, -0.1) is 0 Å². The van der Waals surface area contributed by atoms with E-state index < -0.39 is 5.60 Å². The van der Waals surface area contributed by atoms with E-state index in [4.69, 9.17) is 14.0 Å². The Balaban J connectivity index is 1.56. The average molecular weight is 417 g/mol. The van der Waals surface area contributed by atoms with Crippen LogP contribution in [0.15, 0.2) is 28.8 Å². The Hall–Kier alpha value is -2.61. The van der Waals surface area contributed by atoms with E-state index >= 15 is 0 Å². The minimum absolute atomic E-state index is 0.355. The standard InChI is InChI=1S/C22H32N4O4/c1-6-28-18-10-8-7-9-17(18)20-24-19(30-25-20)14-26-13-16(11-15(26)2)12-23-21(27)29-22(3,4)5/h7-10,15-16H,6,11-14H2,1-5H3,(H,23,27)/t15-,16-/m1/s1. The maximum absolute atomic E-state index is 11.9. The maximum atomic E-state index is 11.9. The molecule has 2 heterocycles. The van der Waals surface area contributed by atoms with Gasteiger partial charge < -0.3 is 19.3 Å². The lowest BCUT2D eigenvalue weighted by molar-refractivity contribution is 0.0519. The van der Waals surface area contributed by atoms with Crippen molar-refractivity contribution in [2.75, 3.05) is 19.7 Å². The molecule has 1 saturated heterocycles. The normalized spacial score (nSPS) is 19.6. The lowest BCUT2D eigenvalue weighted by Crippen LogP contribution is -2.36. The molecule has 0 unspecified atom stereocenters. The molecular formula is C22H32N4O4. The van der Waals surface area contributed by atoms with Crippen LogP contribution in [-0.4, -0.2) is 52.5 Å². The number of para-hydroxylation sites is 1. The number of ether oxygens (including phenoxy) is 2. The Morgan fingerprint density at radius 1 is 1.33 bits per heavy atom. The Bertz CT molecular complexity index is 846. The molecule has 8 heteroatoms. The van der Waals surface area contributed by atoms with Gasteiger partial charge >= 0.3 is 6.09 Å². The second-order valence-corrected chi connectivity index (χ2v) is 8.70. The molecule has 3 rings (SSSR count). The second kappa shape index (κ2) is 9.47. The summed E-state index contributed by atoms with van der Waals surface area (Å²) in [7, 11) is 0. The van der Waals surface area contributed by atoms with E-state index in [1.165, 1.54) is 0 Å². The number of likely N-dealkylation sites (tertiary alicyclic amines) is 1. The molecule has 1 aromatic carbocycles. The molecule has 1 fully saturated rings. The molecule has 1 aliphatic heterocycles. The van der Waals surface area contributed by atoms with Crippen LogP contribution in [0.5, 0.6) is 5.75 Å². The highest BCUT2D eigenvalue weighted by atomic mass is 16.6. The van der Waals surface area contributed by atoms with Gasteiger partial charge in [-0.05, 0) is 59.1 Å². The molecule has 2 atom stereocenters. The minimum Gasteiger partial charge on any atom is -0.493 e. The maximum Gasteiger partial charge on any atom is 0.407 e. The van der Waals surface area contributed by atoms with Crippen LogP contribution in [0.3, 0.4) is 0 Å². The summed E-state index contributed by atoms with van der Waals surface area (Å²) >= 11 is 0. The molecule has 0 bridgehead atoms. The predicted molar refractivity (Wildman–Crippen MR) is 113 cm³/mol. The van der Waals surface area contributed by atoms with Crippen LogP contribution in [0.25, 0.3) is 11.4 Å². The van der Waals surface area contributed by atoms with E-state index in [9.17, 15) is 4.79 Å². The molecule has 1 aromatic heterocycles. The first-order chi connectivity index (χ1) is 14.2. The van der Waals surface area contributed by atoms with Gasteiger partial charge in [0.2, 0.25) is 11.7 Å². The van der Waals surface area contributed by atoms with Gasteiger partial charge in [0.05, 0.1) is 18.7 Å². The first-order valence-electron chi connectivity index (χ1n) is 10.5. The van der Waals surface area contributed by atoms with Crippen molar-refractivity contribution in [3.63, 3.8) is 0 Å². The van der Waals surface area contributed by atoms with E-state index in [1.54, 1.807) is 0 Å². The zero-order valence-corrected chi connectivity index (χ0v) is 18.5. The summed E-state index contributed by atoms with van der Waals surface area (Å²) in [6, 6.07) is 8.04. The quantitative estimate of drug-likeness (QED) is 0.733. The van der Waals surface area contributed by atoms with E-state index in [2.05, 4.69) is 27.3 Å². The van der Waals surface area contributed by atoms with E-state index in [0.717, 1.165) is 24.3 Å². The third-order valence-corrected chi connectivity index (χ3v) is 4.96. The Labute approximate surface area is 177 Å². The number of amides is 1. The summed E-state index contributed by atoms with van der Waals surface area (Å²) in [4.78, 5) is 18.8. The number of aromatic nitrogens is 2. The summed E-state index contributed by atoms with van der Waals surface area (Å²) in [6.45, 7) is 12.3. The highest BCUT2D eigenvalue weighted by molar-refractivity contribution is 5.67. The monoisotopic (exact) mass is 416 g/mol. The van der Waals surface area contributed by atoms with Crippen LogP contribution in [-0.2, 0) is 11.3 Å². The Kier molecular flexibility index (Phi) is 6.97. The largest absolute Gasteiger partial charge is 0.493 e. The van der Waals surface area contributed by atoms with Crippen molar-refractivity contribution < 1.29 is 18.8 Å². The van der Waals surface area contributed by atoms with Crippen LogP contribution in [0.2, 0.25) is 0 Å². The first kappa shape index (κ1) is 22.1. The van der Waals surface area contributed by atoms with Crippen molar-refractivity contribution in [3.05, 3.63) is 30.2 Å². The number of carbonyl (C=O) groups excluding carboxylic acids is 1. The summed E-state index contributed by atoms with van der Waals surface area (Å²) in [5.41, 5.74) is 0.332. The smallest absolute Gasteiger partial charge is 0.407 e. The van der Waals surface area contributed by atoms with Crippen molar-refractivity contribution in [3.8, 4) is 17.1 Å². The lowest BCUT2D eigenvalue weighted by Gasteiger charge is -2.20. The number of alkyl carbamates (subject to hydrolysis) is 1. The molecule has 1 N–H and O–H groups in total. The van der Waals surface area contributed by atoms with Gasteiger partial charge in [0.1, 0.15) is 11.4 Å². The van der Waals surface area contributed by atoms with Crippen molar-refractivity contribution in [2.45, 2.75) is 59.2 Å². The van der Waals surface area contributed by atoms with Gasteiger partial charge in [-0.2, -0.15) is 4.98 Å². The highest BCUT2D eigenvalue weighted by Crippen LogP contribution is 2.29. The van der Waals surface area contributed by atoms with Crippen LogP contribution >= 0.6 is 0 Å². The van der Waals surface area contributed by atoms with Gasteiger partial charge in [-0.3, -0.25) is 4.90 Å². The summed E-state index contributed by atoms with van der Waals surface area (Å²) in [6.07, 6.45) is 0.618. The molecule has 30 heavy (non-hydrogen) atoms. The van der Waals surface area contributed by atoms with Gasteiger partial charge in [0.25, 0.3) is 0 Å². The molecule has 0 spiro atoms. The topological polar surface area (TPSA) is 89.7 Å². The molecule has 2 aromatic rings. The molecule has 1 aliphatic rings. The zero-order chi connectivity index (χ0) is 21.7. The molecule has 8 nitrogen and oxygen atoms in total. The molecular weight excluding hydrogens is 384 g/mol. The van der Waals surface area contributed by atoms with Crippen LogP contribution in [0.1, 0.15) is 46.9 Å². The number of carbonyl (C=O) groups is 1. The van der Waals surface area contributed by atoms with Crippen LogP contribution < -0.4 is 10.1 Å². The molecule has 0 aliphatic carbocycles. The van der Waals surface area contributed by atoms with Crippen molar-refractivity contribution in [1.82, 2.24) is 20.4 Å². The summed E-state index contributed by atoms with van der Waals surface area (Å²) in [5, 5.41) is 7.02. The molecule has 0 saturated carbocycles. The van der Waals surface area contributed by atoms with Crippen LogP contribution in [0.4, 0.5) is 4.79 Å². The van der Waals surface area contributed by atoms with Gasteiger partial charge in [0, 0.05) is 19.1 Å². The predicted octanol–water partition coefficient (Wildman–Crippen LogP) is 3.87. The summed E-state index contributed by atoms with van der Waals surface area (Å²) < 4.78 is 16.5.